The molecule has 1 aliphatic carbocycles. The molecule has 25 heavy (non-hydrogen) atoms. The normalized spacial score (nSPS) is 14.9. The van der Waals surface area contributed by atoms with E-state index < -0.39 is 23.8 Å². The number of carbonyl (C=O) groups is 3. The van der Waals surface area contributed by atoms with Gasteiger partial charge in [0.25, 0.3) is 0 Å². The Balaban J connectivity index is 2.35. The molecule has 0 aliphatic heterocycles. The SMILES string of the molecule is CCOC(=O)C(C(=O)OCC)[C@H](CC(=O)C1CC1)c1ccc(Br)cc1. The smallest absolute Gasteiger partial charge is 0.320 e. The van der Waals surface area contributed by atoms with Gasteiger partial charge in [0.1, 0.15) is 5.78 Å². The molecule has 0 N–H and O–H groups in total. The van der Waals surface area contributed by atoms with E-state index in [1.54, 1.807) is 13.8 Å². The number of carbonyl (C=O) groups excluding carboxylic acids is 3. The van der Waals surface area contributed by atoms with Crippen LogP contribution < -0.4 is 0 Å². The van der Waals surface area contributed by atoms with Crippen LogP contribution in [-0.2, 0) is 23.9 Å². The summed E-state index contributed by atoms with van der Waals surface area (Å²) in [6.07, 6.45) is 1.90. The van der Waals surface area contributed by atoms with Crippen molar-refractivity contribution in [3.8, 4) is 0 Å². The minimum absolute atomic E-state index is 0.0583. The van der Waals surface area contributed by atoms with E-state index in [1.165, 1.54) is 0 Å². The molecule has 1 fully saturated rings. The predicted octanol–water partition coefficient (Wildman–Crippen LogP) is 3.64. The maximum absolute atomic E-state index is 12.5. The lowest BCUT2D eigenvalue weighted by atomic mass is 9.81. The second kappa shape index (κ2) is 9.13. The summed E-state index contributed by atoms with van der Waals surface area (Å²) >= 11 is 3.37. The second-order valence-electron chi connectivity index (χ2n) is 6.08. The highest BCUT2D eigenvalue weighted by Gasteiger charge is 2.41. The number of hydrogen-bond donors (Lipinski definition) is 0. The molecule has 2 rings (SSSR count). The van der Waals surface area contributed by atoms with Crippen molar-refractivity contribution in [3.05, 3.63) is 34.3 Å². The first-order chi connectivity index (χ1) is 12.0. The molecule has 0 radical (unpaired) electrons. The summed E-state index contributed by atoms with van der Waals surface area (Å²) in [7, 11) is 0. The van der Waals surface area contributed by atoms with E-state index >= 15 is 0 Å². The molecule has 0 unspecified atom stereocenters. The molecule has 1 atom stereocenters. The van der Waals surface area contributed by atoms with Crippen LogP contribution in [0.5, 0.6) is 0 Å². The number of rotatable bonds is 9. The van der Waals surface area contributed by atoms with Gasteiger partial charge in [-0.3, -0.25) is 14.4 Å². The summed E-state index contributed by atoms with van der Waals surface area (Å²) in [5, 5.41) is 0. The minimum Gasteiger partial charge on any atom is -0.465 e. The first kappa shape index (κ1) is 19.6. The molecule has 1 aromatic rings. The molecule has 1 saturated carbocycles. The summed E-state index contributed by atoms with van der Waals surface area (Å²) in [5.41, 5.74) is 0.753. The maximum Gasteiger partial charge on any atom is 0.320 e. The highest BCUT2D eigenvalue weighted by Crippen LogP contribution is 2.37. The molecule has 0 bridgehead atoms. The van der Waals surface area contributed by atoms with Crippen molar-refractivity contribution in [1.82, 2.24) is 0 Å². The van der Waals surface area contributed by atoms with Crippen LogP contribution >= 0.6 is 15.9 Å². The lowest BCUT2D eigenvalue weighted by Gasteiger charge is -2.24. The van der Waals surface area contributed by atoms with Crippen molar-refractivity contribution in [2.75, 3.05) is 13.2 Å². The molecule has 136 valence electrons. The number of esters is 2. The van der Waals surface area contributed by atoms with Crippen molar-refractivity contribution >= 4 is 33.7 Å². The lowest BCUT2D eigenvalue weighted by molar-refractivity contribution is -0.162. The van der Waals surface area contributed by atoms with Crippen molar-refractivity contribution in [2.45, 2.75) is 39.0 Å². The van der Waals surface area contributed by atoms with E-state index in [0.29, 0.717) is 0 Å². The molecule has 0 heterocycles. The number of halogens is 1. The van der Waals surface area contributed by atoms with Gasteiger partial charge < -0.3 is 9.47 Å². The number of benzene rings is 1. The van der Waals surface area contributed by atoms with Gasteiger partial charge >= 0.3 is 11.9 Å². The fourth-order valence-corrected chi connectivity index (χ4v) is 3.08. The van der Waals surface area contributed by atoms with Crippen molar-refractivity contribution < 1.29 is 23.9 Å². The van der Waals surface area contributed by atoms with Crippen LogP contribution in [-0.4, -0.2) is 30.9 Å². The maximum atomic E-state index is 12.5. The number of Topliss-reactive ketones (excluding diaryl/α,β-unsaturated/α-hetero) is 1. The zero-order chi connectivity index (χ0) is 18.4. The second-order valence-corrected chi connectivity index (χ2v) is 7.00. The van der Waals surface area contributed by atoms with Gasteiger partial charge in [0.2, 0.25) is 0 Å². The monoisotopic (exact) mass is 410 g/mol. The molecule has 5 nitrogen and oxygen atoms in total. The van der Waals surface area contributed by atoms with Gasteiger partial charge in [0.05, 0.1) is 13.2 Å². The average molecular weight is 411 g/mol. The largest absolute Gasteiger partial charge is 0.465 e. The number of hydrogen-bond acceptors (Lipinski definition) is 5. The van der Waals surface area contributed by atoms with Gasteiger partial charge in [-0.25, -0.2) is 0 Å². The van der Waals surface area contributed by atoms with Gasteiger partial charge in [-0.15, -0.1) is 0 Å². The van der Waals surface area contributed by atoms with Crippen LogP contribution in [0.3, 0.4) is 0 Å². The molecule has 0 spiro atoms. The van der Waals surface area contributed by atoms with E-state index in [4.69, 9.17) is 9.47 Å². The Kier molecular flexibility index (Phi) is 7.17. The summed E-state index contributed by atoms with van der Waals surface area (Å²) in [6, 6.07) is 7.30. The third kappa shape index (κ3) is 5.39. The standard InChI is InChI=1S/C19H23BrO5/c1-3-24-18(22)17(19(23)25-4-2)15(11-16(21)13-5-6-13)12-7-9-14(20)10-8-12/h7-10,13,15,17H,3-6,11H2,1-2H3/t15-/m1/s1. The van der Waals surface area contributed by atoms with E-state index in [2.05, 4.69) is 15.9 Å². The van der Waals surface area contributed by atoms with E-state index in [9.17, 15) is 14.4 Å². The van der Waals surface area contributed by atoms with Crippen LogP contribution in [0.25, 0.3) is 0 Å². The first-order valence-electron chi connectivity index (χ1n) is 8.59. The van der Waals surface area contributed by atoms with Gasteiger partial charge in [0.15, 0.2) is 5.92 Å². The Labute approximate surface area is 156 Å². The Bertz CT molecular complexity index is 603. The number of ketones is 1. The van der Waals surface area contributed by atoms with E-state index in [1.807, 2.05) is 24.3 Å². The zero-order valence-corrected chi connectivity index (χ0v) is 16.1. The van der Waals surface area contributed by atoms with E-state index in [-0.39, 0.29) is 31.3 Å². The Morgan fingerprint density at radius 2 is 1.56 bits per heavy atom. The highest BCUT2D eigenvalue weighted by molar-refractivity contribution is 9.10. The molecule has 6 heteroatoms. The molecule has 0 aromatic heterocycles. The van der Waals surface area contributed by atoms with Crippen molar-refractivity contribution in [1.29, 1.82) is 0 Å². The molecule has 0 saturated heterocycles. The first-order valence-corrected chi connectivity index (χ1v) is 9.38. The minimum atomic E-state index is -1.14. The van der Waals surface area contributed by atoms with Crippen LogP contribution in [0, 0.1) is 11.8 Å². The van der Waals surface area contributed by atoms with Crippen molar-refractivity contribution in [2.24, 2.45) is 11.8 Å². The Morgan fingerprint density at radius 3 is 2.00 bits per heavy atom. The van der Waals surface area contributed by atoms with Crippen LogP contribution in [0.2, 0.25) is 0 Å². The van der Waals surface area contributed by atoms with Gasteiger partial charge in [-0.2, -0.15) is 0 Å². The quantitative estimate of drug-likeness (QED) is 0.458. The van der Waals surface area contributed by atoms with E-state index in [0.717, 1.165) is 22.9 Å². The summed E-state index contributed by atoms with van der Waals surface area (Å²) in [4.78, 5) is 37.3. The van der Waals surface area contributed by atoms with Crippen LogP contribution in [0.4, 0.5) is 0 Å². The summed E-state index contributed by atoms with van der Waals surface area (Å²) in [6.45, 7) is 3.70. The molecular formula is C19H23BrO5. The highest BCUT2D eigenvalue weighted by atomic mass is 79.9. The topological polar surface area (TPSA) is 69.7 Å². The van der Waals surface area contributed by atoms with Gasteiger partial charge in [-0.05, 0) is 44.4 Å². The predicted molar refractivity (Wildman–Crippen MR) is 96.0 cm³/mol. The Hall–Kier alpha value is -1.69. The zero-order valence-electron chi connectivity index (χ0n) is 14.5. The third-order valence-electron chi connectivity index (χ3n) is 4.24. The number of ether oxygens (including phenoxy) is 2. The molecular weight excluding hydrogens is 388 g/mol. The summed E-state index contributed by atoms with van der Waals surface area (Å²) in [5.74, 6) is -2.85. The van der Waals surface area contributed by atoms with Crippen LogP contribution in [0.15, 0.2) is 28.7 Å². The van der Waals surface area contributed by atoms with Crippen molar-refractivity contribution in [3.63, 3.8) is 0 Å². The average Bonchev–Trinajstić information content (AvgIpc) is 3.40. The lowest BCUT2D eigenvalue weighted by Crippen LogP contribution is -2.34. The van der Waals surface area contributed by atoms with Crippen LogP contribution in [0.1, 0.15) is 44.6 Å². The fraction of sp³-hybridized carbons (Fsp3) is 0.526. The molecule has 1 aliphatic rings. The molecule has 1 aromatic carbocycles. The fourth-order valence-electron chi connectivity index (χ4n) is 2.82. The Morgan fingerprint density at radius 1 is 1.04 bits per heavy atom. The molecule has 0 amide bonds. The van der Waals surface area contributed by atoms with Gasteiger partial charge in [-0.1, -0.05) is 28.1 Å². The summed E-state index contributed by atoms with van der Waals surface area (Å²) < 4.78 is 11.1. The van der Waals surface area contributed by atoms with Gasteiger partial charge in [0, 0.05) is 22.7 Å². The third-order valence-corrected chi connectivity index (χ3v) is 4.76.